The molecule has 4 aromatic rings. The molecule has 0 radical (unpaired) electrons. The third-order valence-corrected chi connectivity index (χ3v) is 4.96. The number of anilines is 1. The molecule has 2 N–H and O–H groups in total. The Bertz CT molecular complexity index is 1420. The van der Waals surface area contributed by atoms with Crippen molar-refractivity contribution in [1.82, 2.24) is 4.98 Å². The van der Waals surface area contributed by atoms with E-state index in [1.54, 1.807) is 24.3 Å². The summed E-state index contributed by atoms with van der Waals surface area (Å²) in [4.78, 5) is 27.2. The predicted molar refractivity (Wildman–Crippen MR) is 120 cm³/mol. The van der Waals surface area contributed by atoms with Crippen LogP contribution in [0.25, 0.3) is 28.6 Å². The van der Waals surface area contributed by atoms with Gasteiger partial charge in [-0.05, 0) is 53.6 Å². The van der Waals surface area contributed by atoms with Crippen LogP contribution in [-0.4, -0.2) is 22.0 Å². The summed E-state index contributed by atoms with van der Waals surface area (Å²) in [5.74, 6) is -2.92. The molecule has 0 bridgehead atoms. The number of nitrogens with one attached hydrogen (secondary N) is 1. The number of carboxylic acid groups (broad SMARTS) is 1. The number of carboxylic acids is 1. The van der Waals surface area contributed by atoms with E-state index < -0.39 is 23.5 Å². The molecular weight excluding hydrogens is 454 g/mol. The molecule has 1 aromatic heterocycles. The highest BCUT2D eigenvalue weighted by molar-refractivity contribution is 6.31. The highest BCUT2D eigenvalue weighted by Crippen LogP contribution is 2.28. The third kappa shape index (κ3) is 5.07. The van der Waals surface area contributed by atoms with E-state index >= 15 is 0 Å². The lowest BCUT2D eigenvalue weighted by molar-refractivity contribution is -0.136. The van der Waals surface area contributed by atoms with Crippen molar-refractivity contribution >= 4 is 46.3 Å². The number of rotatable bonds is 6. The molecule has 0 saturated heterocycles. The molecule has 4 rings (SSSR count). The highest BCUT2D eigenvalue weighted by Gasteiger charge is 2.14. The van der Waals surface area contributed by atoms with Crippen LogP contribution in [0.4, 0.5) is 14.5 Å². The molecule has 0 atom stereocenters. The van der Waals surface area contributed by atoms with Gasteiger partial charge in [-0.25, -0.2) is 13.8 Å². The third-order valence-electron chi connectivity index (χ3n) is 4.67. The van der Waals surface area contributed by atoms with Crippen LogP contribution < -0.4 is 5.32 Å². The first kappa shape index (κ1) is 22.2. The first-order chi connectivity index (χ1) is 15.8. The molecular formula is C24H15ClF2N2O4. The van der Waals surface area contributed by atoms with E-state index in [4.69, 9.17) is 21.1 Å². The number of aliphatic carboxylic acids is 1. The second kappa shape index (κ2) is 9.22. The maximum atomic E-state index is 14.7. The van der Waals surface area contributed by atoms with Gasteiger partial charge in [0.15, 0.2) is 11.4 Å². The van der Waals surface area contributed by atoms with Crippen LogP contribution in [-0.2, 0) is 16.0 Å². The molecule has 6 nitrogen and oxygen atoms in total. The summed E-state index contributed by atoms with van der Waals surface area (Å²) in [6.45, 7) is 0. The maximum absolute atomic E-state index is 14.7. The molecule has 0 unspecified atom stereocenters. The minimum atomic E-state index is -0.973. The molecule has 3 aromatic carbocycles. The van der Waals surface area contributed by atoms with E-state index in [0.29, 0.717) is 22.2 Å². The lowest BCUT2D eigenvalue weighted by Gasteiger charge is -2.04. The fourth-order valence-electron chi connectivity index (χ4n) is 3.13. The van der Waals surface area contributed by atoms with Crippen LogP contribution in [0.3, 0.4) is 0 Å². The molecule has 0 aliphatic carbocycles. The Kier molecular flexibility index (Phi) is 6.19. The van der Waals surface area contributed by atoms with Crippen LogP contribution >= 0.6 is 11.6 Å². The zero-order valence-electron chi connectivity index (χ0n) is 16.8. The van der Waals surface area contributed by atoms with Crippen molar-refractivity contribution in [2.45, 2.75) is 6.42 Å². The summed E-state index contributed by atoms with van der Waals surface area (Å²) in [6.07, 6.45) is 2.35. The second-order valence-corrected chi connectivity index (χ2v) is 7.46. The van der Waals surface area contributed by atoms with Crippen LogP contribution in [0.1, 0.15) is 11.1 Å². The Hall–Kier alpha value is -4.04. The van der Waals surface area contributed by atoms with Crippen molar-refractivity contribution in [3.8, 4) is 11.5 Å². The number of amides is 1. The number of carbonyl (C=O) groups is 2. The van der Waals surface area contributed by atoms with Gasteiger partial charge in [-0.1, -0.05) is 29.8 Å². The number of carbonyl (C=O) groups excluding carboxylic acids is 1. The van der Waals surface area contributed by atoms with Crippen LogP contribution in [0, 0.1) is 11.6 Å². The summed E-state index contributed by atoms with van der Waals surface area (Å²) in [6, 6.07) is 13.2. The van der Waals surface area contributed by atoms with Gasteiger partial charge in [0.05, 0.1) is 22.7 Å². The van der Waals surface area contributed by atoms with Gasteiger partial charge in [0, 0.05) is 6.08 Å². The number of hydrogen-bond donors (Lipinski definition) is 2. The number of benzene rings is 3. The molecule has 0 saturated carbocycles. The summed E-state index contributed by atoms with van der Waals surface area (Å²) in [5, 5.41) is 11.2. The van der Waals surface area contributed by atoms with Gasteiger partial charge in [0.2, 0.25) is 11.8 Å². The lowest BCUT2D eigenvalue weighted by Crippen LogP contribution is -2.09. The van der Waals surface area contributed by atoms with E-state index in [-0.39, 0.29) is 28.6 Å². The molecule has 9 heteroatoms. The van der Waals surface area contributed by atoms with Gasteiger partial charge in [0.1, 0.15) is 11.3 Å². The van der Waals surface area contributed by atoms with E-state index in [9.17, 15) is 18.4 Å². The van der Waals surface area contributed by atoms with Gasteiger partial charge < -0.3 is 14.8 Å². The smallest absolute Gasteiger partial charge is 0.307 e. The summed E-state index contributed by atoms with van der Waals surface area (Å²) in [5.41, 5.74) is 1.78. The van der Waals surface area contributed by atoms with E-state index in [1.165, 1.54) is 36.4 Å². The monoisotopic (exact) mass is 468 g/mol. The van der Waals surface area contributed by atoms with Crippen LogP contribution in [0.5, 0.6) is 0 Å². The van der Waals surface area contributed by atoms with Gasteiger partial charge in [-0.2, -0.15) is 0 Å². The average molecular weight is 469 g/mol. The first-order valence-corrected chi connectivity index (χ1v) is 10.0. The Labute approximate surface area is 191 Å². The van der Waals surface area contributed by atoms with Gasteiger partial charge >= 0.3 is 5.97 Å². The Balaban J connectivity index is 1.51. The Morgan fingerprint density at radius 3 is 2.70 bits per heavy atom. The summed E-state index contributed by atoms with van der Waals surface area (Å²) >= 11 is 5.68. The zero-order chi connectivity index (χ0) is 23.5. The Morgan fingerprint density at radius 1 is 1.12 bits per heavy atom. The fraction of sp³-hybridized carbons (Fsp3) is 0.0417. The second-order valence-electron chi connectivity index (χ2n) is 7.05. The van der Waals surface area contributed by atoms with E-state index in [1.807, 2.05) is 0 Å². The summed E-state index contributed by atoms with van der Waals surface area (Å²) in [7, 11) is 0. The van der Waals surface area contributed by atoms with Crippen molar-refractivity contribution in [1.29, 1.82) is 0 Å². The van der Waals surface area contributed by atoms with Gasteiger partial charge in [-0.15, -0.1) is 0 Å². The normalized spacial score (nSPS) is 11.2. The molecule has 0 aliphatic rings. The molecule has 166 valence electrons. The number of halogens is 3. The van der Waals surface area contributed by atoms with Crippen LogP contribution in [0.2, 0.25) is 5.02 Å². The average Bonchev–Trinajstić information content (AvgIpc) is 3.18. The number of oxazole rings is 1. The Morgan fingerprint density at radius 2 is 1.94 bits per heavy atom. The maximum Gasteiger partial charge on any atom is 0.307 e. The number of aromatic nitrogens is 1. The van der Waals surface area contributed by atoms with Crippen molar-refractivity contribution in [3.05, 3.63) is 88.5 Å². The van der Waals surface area contributed by atoms with Gasteiger partial charge in [-0.3, -0.25) is 9.59 Å². The molecule has 0 aliphatic heterocycles. The van der Waals surface area contributed by atoms with Crippen molar-refractivity contribution in [3.63, 3.8) is 0 Å². The van der Waals surface area contributed by atoms with Gasteiger partial charge in [0.25, 0.3) is 0 Å². The molecule has 1 heterocycles. The number of hydrogen-bond acceptors (Lipinski definition) is 4. The number of nitrogens with zero attached hydrogens (tertiary/aromatic N) is 1. The standard InChI is InChI=1S/C24H15ClF2N2O4/c25-16-2-1-3-18(23(16)27)28-21(30)9-6-13-4-7-15(17(26)10-13)24-29-19-11-14(12-22(31)32)5-8-20(19)33-24/h1-11H,12H2,(H,28,30)(H,31,32)/b9-6+. The van der Waals surface area contributed by atoms with Crippen molar-refractivity contribution in [2.24, 2.45) is 0 Å². The minimum Gasteiger partial charge on any atom is -0.481 e. The molecule has 1 amide bonds. The first-order valence-electron chi connectivity index (χ1n) is 9.64. The zero-order valence-corrected chi connectivity index (χ0v) is 17.6. The van der Waals surface area contributed by atoms with E-state index in [0.717, 1.165) is 6.08 Å². The van der Waals surface area contributed by atoms with Crippen molar-refractivity contribution < 1.29 is 27.9 Å². The molecule has 0 fully saturated rings. The minimum absolute atomic E-state index is 0.0414. The van der Waals surface area contributed by atoms with Crippen LogP contribution in [0.15, 0.2) is 65.1 Å². The van der Waals surface area contributed by atoms with E-state index in [2.05, 4.69) is 10.3 Å². The number of fused-ring (bicyclic) bond motifs is 1. The molecule has 0 spiro atoms. The fourth-order valence-corrected chi connectivity index (χ4v) is 3.30. The summed E-state index contributed by atoms with van der Waals surface area (Å²) < 4.78 is 34.2. The topological polar surface area (TPSA) is 92.4 Å². The quantitative estimate of drug-likeness (QED) is 0.354. The highest BCUT2D eigenvalue weighted by atomic mass is 35.5. The predicted octanol–water partition coefficient (Wildman–Crippen LogP) is 5.71. The largest absolute Gasteiger partial charge is 0.481 e. The van der Waals surface area contributed by atoms with Crippen molar-refractivity contribution in [2.75, 3.05) is 5.32 Å². The molecule has 33 heavy (non-hydrogen) atoms. The SMILES string of the molecule is O=C(O)Cc1ccc2oc(-c3ccc(/C=C/C(=O)Nc4cccc(Cl)c4F)cc3F)nc2c1. The lowest BCUT2D eigenvalue weighted by atomic mass is 10.1.